The Kier molecular flexibility index (Phi) is 5.33. The number of hydrogen-bond donors (Lipinski definition) is 0. The number of benzene rings is 2. The van der Waals surface area contributed by atoms with E-state index < -0.39 is 11.6 Å². The predicted octanol–water partition coefficient (Wildman–Crippen LogP) is 4.46. The molecule has 0 saturated heterocycles. The van der Waals surface area contributed by atoms with Crippen molar-refractivity contribution >= 4 is 11.6 Å². The van der Waals surface area contributed by atoms with Crippen LogP contribution in [0.15, 0.2) is 40.9 Å². The van der Waals surface area contributed by atoms with Crippen LogP contribution in [-0.2, 0) is 17.6 Å². The van der Waals surface area contributed by atoms with E-state index in [0.29, 0.717) is 60.8 Å². The minimum absolute atomic E-state index is 0.186. The lowest BCUT2D eigenvalue weighted by Gasteiger charge is -2.29. The molecule has 1 amide bonds. The molecule has 3 aromatic rings. The Bertz CT molecular complexity index is 1030. The van der Waals surface area contributed by atoms with Gasteiger partial charge in [0.05, 0.1) is 5.69 Å². The van der Waals surface area contributed by atoms with Gasteiger partial charge < -0.3 is 9.42 Å². The first-order valence-corrected chi connectivity index (χ1v) is 9.38. The molecule has 1 aliphatic rings. The summed E-state index contributed by atoms with van der Waals surface area (Å²) in [5.74, 6) is -1.14. The van der Waals surface area contributed by atoms with Crippen LogP contribution < -0.4 is 4.90 Å². The van der Waals surface area contributed by atoms with E-state index >= 15 is 0 Å². The fraction of sp³-hybridized carbons (Fsp3) is 0.286. The van der Waals surface area contributed by atoms with Crippen molar-refractivity contribution in [2.75, 3.05) is 11.4 Å². The highest BCUT2D eigenvalue weighted by molar-refractivity contribution is 5.94. The third kappa shape index (κ3) is 4.16. The second-order valence-corrected chi connectivity index (χ2v) is 6.91. The van der Waals surface area contributed by atoms with Gasteiger partial charge in [-0.05, 0) is 49.6 Å². The van der Waals surface area contributed by atoms with Gasteiger partial charge in [0.15, 0.2) is 0 Å². The number of aromatic nitrogens is 2. The molecule has 0 N–H and O–H groups in total. The largest absolute Gasteiger partial charge is 0.339 e. The molecule has 0 atom stereocenters. The molecule has 0 saturated carbocycles. The fourth-order valence-corrected chi connectivity index (χ4v) is 3.47. The molecule has 1 aliphatic heterocycles. The summed E-state index contributed by atoms with van der Waals surface area (Å²) in [6, 6.07) is 7.79. The Balaban J connectivity index is 1.37. The van der Waals surface area contributed by atoms with Crippen LogP contribution in [0.4, 0.5) is 18.9 Å². The average Bonchev–Trinajstić information content (AvgIpc) is 3.17. The van der Waals surface area contributed by atoms with E-state index in [4.69, 9.17) is 4.52 Å². The lowest BCUT2D eigenvalue weighted by atomic mass is 10.00. The number of carbonyl (C=O) groups excluding carboxylic acids is 1. The second-order valence-electron chi connectivity index (χ2n) is 6.91. The van der Waals surface area contributed by atoms with Gasteiger partial charge in [0.2, 0.25) is 17.6 Å². The Morgan fingerprint density at radius 1 is 1.10 bits per heavy atom. The summed E-state index contributed by atoms with van der Waals surface area (Å²) in [5, 5.41) is 3.87. The molecule has 8 heteroatoms. The van der Waals surface area contributed by atoms with Crippen molar-refractivity contribution in [2.24, 2.45) is 0 Å². The van der Waals surface area contributed by atoms with Gasteiger partial charge in [-0.1, -0.05) is 5.16 Å². The van der Waals surface area contributed by atoms with Crippen LogP contribution in [-0.4, -0.2) is 22.6 Å². The molecule has 0 bridgehead atoms. The summed E-state index contributed by atoms with van der Waals surface area (Å²) in [6.07, 6.45) is 2.14. The van der Waals surface area contributed by atoms with Crippen LogP contribution in [0, 0.1) is 17.5 Å². The van der Waals surface area contributed by atoms with E-state index in [-0.39, 0.29) is 18.1 Å². The van der Waals surface area contributed by atoms with Crippen molar-refractivity contribution < 1.29 is 22.5 Å². The van der Waals surface area contributed by atoms with E-state index in [1.807, 2.05) is 0 Å². The number of fused-ring (bicyclic) bond motifs is 1. The van der Waals surface area contributed by atoms with Gasteiger partial charge in [0.1, 0.15) is 17.5 Å². The normalized spacial score (nSPS) is 13.4. The van der Waals surface area contributed by atoms with Crippen LogP contribution in [0.3, 0.4) is 0 Å². The standard InChI is InChI=1S/C21H18F3N3O2/c22-14-8-6-13(7-9-14)21-25-19(29-26-21)4-1-5-20(28)27-10-2-3-16-17(24)11-15(23)12-18(16)27/h6-9,11-12H,1-5,10H2. The zero-order valence-corrected chi connectivity index (χ0v) is 15.5. The van der Waals surface area contributed by atoms with E-state index in [2.05, 4.69) is 10.1 Å². The van der Waals surface area contributed by atoms with Gasteiger partial charge in [-0.15, -0.1) is 0 Å². The number of rotatable bonds is 5. The lowest BCUT2D eigenvalue weighted by molar-refractivity contribution is -0.118. The highest BCUT2D eigenvalue weighted by Crippen LogP contribution is 2.31. The molecule has 150 valence electrons. The molecular formula is C21H18F3N3O2. The number of carbonyl (C=O) groups is 1. The van der Waals surface area contributed by atoms with Gasteiger partial charge in [0.25, 0.3) is 0 Å². The van der Waals surface area contributed by atoms with Gasteiger partial charge in [0, 0.05) is 36.6 Å². The number of nitrogens with zero attached hydrogens (tertiary/aromatic N) is 3. The number of hydrogen-bond acceptors (Lipinski definition) is 4. The van der Waals surface area contributed by atoms with Crippen LogP contribution in [0.5, 0.6) is 0 Å². The minimum atomic E-state index is -0.694. The molecule has 0 radical (unpaired) electrons. The third-order valence-electron chi connectivity index (χ3n) is 4.89. The van der Waals surface area contributed by atoms with E-state index in [1.165, 1.54) is 23.1 Å². The van der Waals surface area contributed by atoms with E-state index in [0.717, 1.165) is 6.07 Å². The molecule has 1 aromatic heterocycles. The van der Waals surface area contributed by atoms with Crippen LogP contribution >= 0.6 is 0 Å². The Hall–Kier alpha value is -3.16. The molecular weight excluding hydrogens is 383 g/mol. The van der Waals surface area contributed by atoms with Crippen molar-refractivity contribution in [2.45, 2.75) is 32.1 Å². The highest BCUT2D eigenvalue weighted by Gasteiger charge is 2.25. The predicted molar refractivity (Wildman–Crippen MR) is 99.7 cm³/mol. The first-order chi connectivity index (χ1) is 14.0. The molecule has 0 spiro atoms. The van der Waals surface area contributed by atoms with E-state index in [9.17, 15) is 18.0 Å². The summed E-state index contributed by atoms with van der Waals surface area (Å²) in [4.78, 5) is 18.3. The second kappa shape index (κ2) is 8.06. The average molecular weight is 401 g/mol. The number of aryl methyl sites for hydroxylation is 1. The van der Waals surface area contributed by atoms with Gasteiger partial charge in [-0.2, -0.15) is 4.98 Å². The van der Waals surface area contributed by atoms with Gasteiger partial charge in [-0.3, -0.25) is 4.79 Å². The molecule has 0 fully saturated rings. The zero-order valence-electron chi connectivity index (χ0n) is 15.5. The number of halogens is 3. The number of amides is 1. The maximum absolute atomic E-state index is 14.0. The van der Waals surface area contributed by atoms with Crippen LogP contribution in [0.1, 0.15) is 30.7 Å². The highest BCUT2D eigenvalue weighted by atomic mass is 19.1. The maximum Gasteiger partial charge on any atom is 0.227 e. The summed E-state index contributed by atoms with van der Waals surface area (Å²) in [5.41, 5.74) is 1.33. The lowest BCUT2D eigenvalue weighted by Crippen LogP contribution is -2.35. The van der Waals surface area contributed by atoms with Gasteiger partial charge in [-0.25, -0.2) is 13.2 Å². The molecule has 29 heavy (non-hydrogen) atoms. The van der Waals surface area contributed by atoms with Crippen molar-refractivity contribution in [1.82, 2.24) is 10.1 Å². The summed E-state index contributed by atoms with van der Waals surface area (Å²) < 4.78 is 45.8. The fourth-order valence-electron chi connectivity index (χ4n) is 3.47. The Labute approximate surface area is 165 Å². The molecule has 4 rings (SSSR count). The molecule has 2 aromatic carbocycles. The molecule has 5 nitrogen and oxygen atoms in total. The minimum Gasteiger partial charge on any atom is -0.339 e. The van der Waals surface area contributed by atoms with Crippen molar-refractivity contribution in [1.29, 1.82) is 0 Å². The smallest absolute Gasteiger partial charge is 0.227 e. The quantitative estimate of drug-likeness (QED) is 0.634. The Morgan fingerprint density at radius 3 is 2.69 bits per heavy atom. The maximum atomic E-state index is 14.0. The zero-order chi connectivity index (χ0) is 20.4. The van der Waals surface area contributed by atoms with E-state index in [1.54, 1.807) is 12.1 Å². The van der Waals surface area contributed by atoms with Crippen LogP contribution in [0.2, 0.25) is 0 Å². The van der Waals surface area contributed by atoms with Crippen LogP contribution in [0.25, 0.3) is 11.4 Å². The first kappa shape index (κ1) is 19.2. The summed E-state index contributed by atoms with van der Waals surface area (Å²) >= 11 is 0. The Morgan fingerprint density at radius 2 is 1.90 bits per heavy atom. The van der Waals surface area contributed by atoms with Crippen molar-refractivity contribution in [3.05, 3.63) is 65.3 Å². The number of anilines is 1. The third-order valence-corrected chi connectivity index (χ3v) is 4.89. The summed E-state index contributed by atoms with van der Waals surface area (Å²) in [7, 11) is 0. The molecule has 0 aliphatic carbocycles. The topological polar surface area (TPSA) is 59.2 Å². The van der Waals surface area contributed by atoms with Gasteiger partial charge >= 0.3 is 0 Å². The SMILES string of the molecule is O=C(CCCc1nc(-c2ccc(F)cc2)no1)N1CCCc2c(F)cc(F)cc21. The van der Waals surface area contributed by atoms with Crippen molar-refractivity contribution in [3.8, 4) is 11.4 Å². The first-order valence-electron chi connectivity index (χ1n) is 9.38. The summed E-state index contributed by atoms with van der Waals surface area (Å²) in [6.45, 7) is 0.435. The molecule has 0 unspecified atom stereocenters. The monoisotopic (exact) mass is 401 g/mol. The molecule has 2 heterocycles. The van der Waals surface area contributed by atoms with Crippen molar-refractivity contribution in [3.63, 3.8) is 0 Å².